The first-order valence-corrected chi connectivity index (χ1v) is 5.92. The average molecular weight is 245 g/mol. The lowest BCUT2D eigenvalue weighted by atomic mass is 9.85. The summed E-state index contributed by atoms with van der Waals surface area (Å²) in [6, 6.07) is 0. The van der Waals surface area contributed by atoms with Gasteiger partial charge in [-0.15, -0.1) is 12.4 Å². The van der Waals surface area contributed by atoms with E-state index in [2.05, 4.69) is 0 Å². The van der Waals surface area contributed by atoms with E-state index in [4.69, 9.17) is 10.9 Å². The fourth-order valence-electron chi connectivity index (χ4n) is 1.66. The van der Waals surface area contributed by atoms with Crippen molar-refractivity contribution in [1.29, 1.82) is 0 Å². The summed E-state index contributed by atoms with van der Waals surface area (Å²) < 4.78 is 21.9. The van der Waals surface area contributed by atoms with Gasteiger partial charge >= 0.3 is 0 Å². The molecule has 0 bridgehead atoms. The molecule has 1 aliphatic rings. The quantitative estimate of drug-likeness (QED) is 0.599. The van der Waals surface area contributed by atoms with Crippen molar-refractivity contribution in [2.45, 2.75) is 36.5 Å². The molecule has 0 heterocycles. The Hall–Kier alpha value is 0.120. The molecule has 1 saturated carbocycles. The molecule has 0 amide bonds. The normalized spacial score (nSPS) is 33.5. The van der Waals surface area contributed by atoms with Gasteiger partial charge in [0.15, 0.2) is 0 Å². The second-order valence-corrected chi connectivity index (χ2v) is 5.56. The summed E-state index contributed by atoms with van der Waals surface area (Å²) in [5.74, 6) is 0. The highest BCUT2D eigenvalue weighted by molar-refractivity contribution is 7.89. The van der Waals surface area contributed by atoms with Gasteiger partial charge in [0.2, 0.25) is 10.0 Å². The van der Waals surface area contributed by atoms with Crippen molar-refractivity contribution < 1.29 is 13.5 Å². The predicted molar refractivity (Wildman–Crippen MR) is 56.6 cm³/mol. The zero-order valence-electron chi connectivity index (χ0n) is 7.85. The lowest BCUT2D eigenvalue weighted by molar-refractivity contribution is 0.0136. The highest BCUT2D eigenvalue weighted by Gasteiger charge is 2.35. The Bertz CT molecular complexity index is 273. The van der Waals surface area contributed by atoms with Crippen LogP contribution in [0.15, 0.2) is 0 Å². The number of rotatable bonds is 2. The molecular formula is C7H17ClN2O3S. The summed E-state index contributed by atoms with van der Waals surface area (Å²) >= 11 is 0. The van der Waals surface area contributed by atoms with Crippen molar-refractivity contribution in [2.24, 2.45) is 10.9 Å². The van der Waals surface area contributed by atoms with Gasteiger partial charge < -0.3 is 10.8 Å². The minimum Gasteiger partial charge on any atom is -0.389 e. The lowest BCUT2D eigenvalue weighted by Crippen LogP contribution is -2.45. The maximum Gasteiger partial charge on any atom is 0.211 e. The molecule has 1 rings (SSSR count). The van der Waals surface area contributed by atoms with Crippen molar-refractivity contribution in [2.75, 3.05) is 6.54 Å². The molecule has 0 radical (unpaired) electrons. The van der Waals surface area contributed by atoms with Gasteiger partial charge in [0.25, 0.3) is 0 Å². The first kappa shape index (κ1) is 14.1. The molecule has 1 fully saturated rings. The Morgan fingerprint density at radius 2 is 1.79 bits per heavy atom. The van der Waals surface area contributed by atoms with Gasteiger partial charge in [-0.1, -0.05) is 0 Å². The Morgan fingerprint density at radius 1 is 1.36 bits per heavy atom. The van der Waals surface area contributed by atoms with E-state index >= 15 is 0 Å². The third kappa shape index (κ3) is 3.36. The largest absolute Gasteiger partial charge is 0.389 e. The van der Waals surface area contributed by atoms with Crippen LogP contribution in [0.5, 0.6) is 0 Å². The second-order valence-electron chi connectivity index (χ2n) is 3.72. The van der Waals surface area contributed by atoms with Gasteiger partial charge in [0.1, 0.15) is 0 Å². The van der Waals surface area contributed by atoms with Gasteiger partial charge in [-0.05, 0) is 25.7 Å². The molecule has 14 heavy (non-hydrogen) atoms. The molecule has 0 atom stereocenters. The molecule has 0 aromatic rings. The SMILES string of the molecule is Cl.NCC1(O)CCC(S(N)(=O)=O)CC1. The van der Waals surface area contributed by atoms with Crippen LogP contribution in [0.1, 0.15) is 25.7 Å². The molecule has 0 unspecified atom stereocenters. The summed E-state index contributed by atoms with van der Waals surface area (Å²) in [6.07, 6.45) is 1.66. The summed E-state index contributed by atoms with van der Waals surface area (Å²) in [5, 5.41) is 14.2. The number of sulfonamides is 1. The van der Waals surface area contributed by atoms with E-state index in [0.29, 0.717) is 25.7 Å². The van der Waals surface area contributed by atoms with E-state index in [1.807, 2.05) is 0 Å². The standard InChI is InChI=1S/C7H16N2O3S.ClH/c8-5-7(10)3-1-6(2-4-7)13(9,11)12;/h6,10H,1-5,8H2,(H2,9,11,12);1H. The van der Waals surface area contributed by atoms with Crippen molar-refractivity contribution in [1.82, 2.24) is 0 Å². The van der Waals surface area contributed by atoms with Crippen molar-refractivity contribution in [3.8, 4) is 0 Å². The Morgan fingerprint density at radius 3 is 2.07 bits per heavy atom. The van der Waals surface area contributed by atoms with Gasteiger partial charge in [-0.3, -0.25) is 0 Å². The third-order valence-corrected chi connectivity index (χ3v) is 4.11. The molecule has 0 aromatic carbocycles. The molecule has 5 N–H and O–H groups in total. The number of hydrogen-bond donors (Lipinski definition) is 3. The zero-order valence-corrected chi connectivity index (χ0v) is 9.48. The minimum absolute atomic E-state index is 0. The van der Waals surface area contributed by atoms with Gasteiger partial charge in [0, 0.05) is 6.54 Å². The van der Waals surface area contributed by atoms with Gasteiger partial charge in [-0.2, -0.15) is 0 Å². The zero-order chi connectivity index (χ0) is 10.1. The number of halogens is 1. The van der Waals surface area contributed by atoms with Crippen LogP contribution in [-0.2, 0) is 10.0 Å². The Labute approximate surface area is 90.3 Å². The number of primary sulfonamides is 1. The van der Waals surface area contributed by atoms with E-state index in [1.165, 1.54) is 0 Å². The van der Waals surface area contributed by atoms with Crippen LogP contribution < -0.4 is 10.9 Å². The highest BCUT2D eigenvalue weighted by atomic mass is 35.5. The number of aliphatic hydroxyl groups is 1. The molecule has 86 valence electrons. The molecule has 7 heteroatoms. The van der Waals surface area contributed by atoms with Crippen LogP contribution in [0, 0.1) is 0 Å². The Balaban J connectivity index is 0.00000169. The van der Waals surface area contributed by atoms with E-state index in [9.17, 15) is 13.5 Å². The van der Waals surface area contributed by atoms with Crippen LogP contribution >= 0.6 is 12.4 Å². The number of nitrogens with two attached hydrogens (primary N) is 2. The predicted octanol–water partition coefficient (Wildman–Crippen LogP) is -0.671. The summed E-state index contributed by atoms with van der Waals surface area (Å²) in [5.41, 5.74) is 4.49. The Kier molecular flexibility index (Phi) is 4.80. The van der Waals surface area contributed by atoms with E-state index in [0.717, 1.165) is 0 Å². The second kappa shape index (κ2) is 4.76. The van der Waals surface area contributed by atoms with Crippen molar-refractivity contribution in [3.63, 3.8) is 0 Å². The molecule has 0 saturated heterocycles. The van der Waals surface area contributed by atoms with E-state index in [1.54, 1.807) is 0 Å². The maximum absolute atomic E-state index is 11.0. The molecule has 0 aromatic heterocycles. The monoisotopic (exact) mass is 244 g/mol. The van der Waals surface area contributed by atoms with Crippen molar-refractivity contribution >= 4 is 22.4 Å². The lowest BCUT2D eigenvalue weighted by Gasteiger charge is -2.33. The summed E-state index contributed by atoms with van der Waals surface area (Å²) in [4.78, 5) is 0. The van der Waals surface area contributed by atoms with Crippen LogP contribution in [0.25, 0.3) is 0 Å². The summed E-state index contributed by atoms with van der Waals surface area (Å²) in [7, 11) is -3.44. The number of hydrogen-bond acceptors (Lipinski definition) is 4. The first-order valence-electron chi connectivity index (χ1n) is 4.31. The van der Waals surface area contributed by atoms with Crippen LogP contribution in [0.4, 0.5) is 0 Å². The highest BCUT2D eigenvalue weighted by Crippen LogP contribution is 2.29. The van der Waals surface area contributed by atoms with Gasteiger partial charge in [-0.25, -0.2) is 13.6 Å². The third-order valence-electron chi connectivity index (χ3n) is 2.71. The maximum atomic E-state index is 11.0. The average Bonchev–Trinajstić information content (AvgIpc) is 2.04. The first-order chi connectivity index (χ1) is 5.87. The summed E-state index contributed by atoms with van der Waals surface area (Å²) in [6.45, 7) is 0.185. The fraction of sp³-hybridized carbons (Fsp3) is 1.00. The van der Waals surface area contributed by atoms with Crippen LogP contribution in [-0.4, -0.2) is 30.9 Å². The van der Waals surface area contributed by atoms with Gasteiger partial charge in [0.05, 0.1) is 10.9 Å². The van der Waals surface area contributed by atoms with Crippen LogP contribution in [0.3, 0.4) is 0 Å². The van der Waals surface area contributed by atoms with E-state index in [-0.39, 0.29) is 19.0 Å². The molecule has 5 nitrogen and oxygen atoms in total. The topological polar surface area (TPSA) is 106 Å². The van der Waals surface area contributed by atoms with E-state index < -0.39 is 20.9 Å². The molecule has 1 aliphatic carbocycles. The minimum atomic E-state index is -3.44. The smallest absolute Gasteiger partial charge is 0.211 e. The fourth-order valence-corrected chi connectivity index (χ4v) is 2.55. The van der Waals surface area contributed by atoms with Crippen LogP contribution in [0.2, 0.25) is 0 Å². The molecule has 0 spiro atoms. The molecule has 0 aliphatic heterocycles. The van der Waals surface area contributed by atoms with Crippen molar-refractivity contribution in [3.05, 3.63) is 0 Å². The molecular weight excluding hydrogens is 228 g/mol.